The van der Waals surface area contributed by atoms with E-state index in [9.17, 15) is 0 Å². The Hall–Kier alpha value is -3.91. The molecule has 5 nitrogen and oxygen atoms in total. The number of hydrogen-bond acceptors (Lipinski definition) is 5. The standard InChI is InChI=1S/C21H14N4O/c1-2-20-24-19-8-4-3-7-18(19)21(25-20)23-15-9-11-16(12-10-15)26-17-6-5-13-22-14-17/h1,3-14H,(H,23,24,25). The van der Waals surface area contributed by atoms with Gasteiger partial charge in [0.1, 0.15) is 17.3 Å². The average molecular weight is 338 g/mol. The fourth-order valence-corrected chi connectivity index (χ4v) is 2.52. The monoisotopic (exact) mass is 338 g/mol. The molecule has 0 spiro atoms. The number of pyridine rings is 1. The van der Waals surface area contributed by atoms with Crippen molar-refractivity contribution in [1.82, 2.24) is 15.0 Å². The lowest BCUT2D eigenvalue weighted by molar-refractivity contribution is 0.480. The van der Waals surface area contributed by atoms with Gasteiger partial charge in [0.2, 0.25) is 5.82 Å². The molecule has 0 amide bonds. The predicted octanol–water partition coefficient (Wildman–Crippen LogP) is 4.54. The summed E-state index contributed by atoms with van der Waals surface area (Å²) >= 11 is 0. The van der Waals surface area contributed by atoms with Crippen molar-refractivity contribution in [2.75, 3.05) is 5.32 Å². The van der Waals surface area contributed by atoms with Crippen LogP contribution in [-0.4, -0.2) is 15.0 Å². The highest BCUT2D eigenvalue weighted by Gasteiger charge is 2.07. The van der Waals surface area contributed by atoms with Crippen LogP contribution in [0.5, 0.6) is 11.5 Å². The summed E-state index contributed by atoms with van der Waals surface area (Å²) < 4.78 is 5.75. The summed E-state index contributed by atoms with van der Waals surface area (Å²) in [6, 6.07) is 19.0. The number of nitrogens with zero attached hydrogens (tertiary/aromatic N) is 3. The van der Waals surface area contributed by atoms with Crippen molar-refractivity contribution >= 4 is 22.4 Å². The summed E-state index contributed by atoms with van der Waals surface area (Å²) in [6.07, 6.45) is 8.84. The second-order valence-electron chi connectivity index (χ2n) is 5.50. The quantitative estimate of drug-likeness (QED) is 0.554. The van der Waals surface area contributed by atoms with Gasteiger partial charge in [0, 0.05) is 17.3 Å². The first-order valence-corrected chi connectivity index (χ1v) is 8.00. The van der Waals surface area contributed by atoms with E-state index in [-0.39, 0.29) is 0 Å². The molecular formula is C21H14N4O. The average Bonchev–Trinajstić information content (AvgIpc) is 2.70. The second kappa shape index (κ2) is 6.91. The Labute approximate surface area is 150 Å². The van der Waals surface area contributed by atoms with Gasteiger partial charge in [-0.3, -0.25) is 4.98 Å². The van der Waals surface area contributed by atoms with Crippen molar-refractivity contribution in [3.05, 3.63) is 78.9 Å². The first-order chi connectivity index (χ1) is 12.8. The first kappa shape index (κ1) is 15.6. The fraction of sp³-hybridized carbons (Fsp3) is 0. The highest BCUT2D eigenvalue weighted by molar-refractivity contribution is 5.91. The molecule has 124 valence electrons. The van der Waals surface area contributed by atoms with Gasteiger partial charge in [-0.2, -0.15) is 0 Å². The Morgan fingerprint density at radius 2 is 1.73 bits per heavy atom. The summed E-state index contributed by atoms with van der Waals surface area (Å²) in [4.78, 5) is 12.8. The van der Waals surface area contributed by atoms with Gasteiger partial charge in [-0.15, -0.1) is 6.42 Å². The molecule has 1 N–H and O–H groups in total. The maximum atomic E-state index is 5.75. The number of fused-ring (bicyclic) bond motifs is 1. The molecule has 0 radical (unpaired) electrons. The van der Waals surface area contributed by atoms with Crippen LogP contribution < -0.4 is 10.1 Å². The number of rotatable bonds is 4. The van der Waals surface area contributed by atoms with Crippen molar-refractivity contribution in [2.45, 2.75) is 0 Å². The molecule has 2 aromatic heterocycles. The lowest BCUT2D eigenvalue weighted by atomic mass is 10.2. The largest absolute Gasteiger partial charge is 0.456 e. The van der Waals surface area contributed by atoms with Gasteiger partial charge >= 0.3 is 0 Å². The van der Waals surface area contributed by atoms with Crippen LogP contribution >= 0.6 is 0 Å². The summed E-state index contributed by atoms with van der Waals surface area (Å²) in [5, 5.41) is 4.20. The van der Waals surface area contributed by atoms with Gasteiger partial charge < -0.3 is 10.1 Å². The van der Waals surface area contributed by atoms with E-state index in [1.54, 1.807) is 12.4 Å². The van der Waals surface area contributed by atoms with Gasteiger partial charge in [0.05, 0.1) is 11.7 Å². The maximum Gasteiger partial charge on any atom is 0.207 e. The predicted molar refractivity (Wildman–Crippen MR) is 102 cm³/mol. The Morgan fingerprint density at radius 3 is 2.50 bits per heavy atom. The van der Waals surface area contributed by atoms with Crippen LogP contribution in [0.2, 0.25) is 0 Å². The van der Waals surface area contributed by atoms with Crippen LogP contribution in [0.3, 0.4) is 0 Å². The van der Waals surface area contributed by atoms with Crippen LogP contribution in [0.4, 0.5) is 11.5 Å². The van der Waals surface area contributed by atoms with Crippen LogP contribution in [0, 0.1) is 12.3 Å². The number of ether oxygens (including phenoxy) is 1. The van der Waals surface area contributed by atoms with E-state index in [0.717, 1.165) is 22.3 Å². The van der Waals surface area contributed by atoms with Crippen molar-refractivity contribution < 1.29 is 4.74 Å². The molecule has 4 rings (SSSR count). The molecule has 5 heteroatoms. The topological polar surface area (TPSA) is 59.9 Å². The molecule has 26 heavy (non-hydrogen) atoms. The zero-order valence-electron chi connectivity index (χ0n) is 13.8. The van der Waals surface area contributed by atoms with E-state index in [1.807, 2.05) is 60.7 Å². The van der Waals surface area contributed by atoms with Crippen molar-refractivity contribution in [3.8, 4) is 23.8 Å². The molecule has 2 heterocycles. The van der Waals surface area contributed by atoms with Crippen molar-refractivity contribution in [1.29, 1.82) is 0 Å². The van der Waals surface area contributed by atoms with Gasteiger partial charge in [-0.1, -0.05) is 12.1 Å². The number of para-hydroxylation sites is 1. The molecule has 2 aromatic carbocycles. The minimum atomic E-state index is 0.350. The first-order valence-electron chi connectivity index (χ1n) is 8.00. The van der Waals surface area contributed by atoms with E-state index in [4.69, 9.17) is 11.2 Å². The highest BCUT2D eigenvalue weighted by Crippen LogP contribution is 2.26. The highest BCUT2D eigenvalue weighted by atomic mass is 16.5. The van der Waals surface area contributed by atoms with E-state index in [0.29, 0.717) is 17.4 Å². The summed E-state index contributed by atoms with van der Waals surface area (Å²) in [5.41, 5.74) is 1.67. The number of aromatic nitrogens is 3. The van der Waals surface area contributed by atoms with E-state index in [2.05, 4.69) is 26.2 Å². The third-order valence-electron chi connectivity index (χ3n) is 3.72. The van der Waals surface area contributed by atoms with Crippen molar-refractivity contribution in [2.24, 2.45) is 0 Å². The van der Waals surface area contributed by atoms with Gasteiger partial charge in [-0.25, -0.2) is 9.97 Å². The molecule has 0 bridgehead atoms. The van der Waals surface area contributed by atoms with Gasteiger partial charge in [0.15, 0.2) is 0 Å². The SMILES string of the molecule is C#Cc1nc(Nc2ccc(Oc3cccnc3)cc2)c2ccccc2n1. The Morgan fingerprint density at radius 1 is 0.885 bits per heavy atom. The van der Waals surface area contributed by atoms with Gasteiger partial charge in [-0.05, 0) is 54.5 Å². The van der Waals surface area contributed by atoms with Crippen LogP contribution in [0.25, 0.3) is 10.9 Å². The Bertz CT molecular complexity index is 1090. The molecule has 0 fully saturated rings. The molecule has 0 saturated heterocycles. The normalized spacial score (nSPS) is 10.3. The van der Waals surface area contributed by atoms with Crippen LogP contribution in [-0.2, 0) is 0 Å². The second-order valence-corrected chi connectivity index (χ2v) is 5.50. The molecular weight excluding hydrogens is 324 g/mol. The molecule has 4 aromatic rings. The maximum absolute atomic E-state index is 5.75. The van der Waals surface area contributed by atoms with Gasteiger partial charge in [0.25, 0.3) is 0 Å². The number of benzene rings is 2. The summed E-state index contributed by atoms with van der Waals surface area (Å²) in [6.45, 7) is 0. The Balaban J connectivity index is 1.60. The lowest BCUT2D eigenvalue weighted by Crippen LogP contribution is -1.99. The molecule has 0 aliphatic carbocycles. The summed E-state index contributed by atoms with van der Waals surface area (Å²) in [5.74, 6) is 4.93. The molecule has 0 saturated carbocycles. The minimum absolute atomic E-state index is 0.350. The lowest BCUT2D eigenvalue weighted by Gasteiger charge is -2.10. The molecule has 0 aliphatic rings. The third-order valence-corrected chi connectivity index (χ3v) is 3.72. The smallest absolute Gasteiger partial charge is 0.207 e. The minimum Gasteiger partial charge on any atom is -0.456 e. The summed E-state index contributed by atoms with van der Waals surface area (Å²) in [7, 11) is 0. The molecule has 0 aliphatic heterocycles. The van der Waals surface area contributed by atoms with Crippen LogP contribution in [0.15, 0.2) is 73.1 Å². The zero-order chi connectivity index (χ0) is 17.8. The van der Waals surface area contributed by atoms with E-state index < -0.39 is 0 Å². The number of terminal acetylenes is 1. The molecule has 0 unspecified atom stereocenters. The fourth-order valence-electron chi connectivity index (χ4n) is 2.52. The number of nitrogens with one attached hydrogen (secondary N) is 1. The number of hydrogen-bond donors (Lipinski definition) is 1. The third kappa shape index (κ3) is 3.30. The van der Waals surface area contributed by atoms with Crippen molar-refractivity contribution in [3.63, 3.8) is 0 Å². The van der Waals surface area contributed by atoms with Crippen LogP contribution in [0.1, 0.15) is 5.82 Å². The Kier molecular flexibility index (Phi) is 4.15. The number of anilines is 2. The van der Waals surface area contributed by atoms with E-state index in [1.165, 1.54) is 0 Å². The van der Waals surface area contributed by atoms with E-state index >= 15 is 0 Å². The molecule has 0 atom stereocenters. The zero-order valence-corrected chi connectivity index (χ0v) is 13.8.